The van der Waals surface area contributed by atoms with Crippen LogP contribution in [0.15, 0.2) is 5.34 Å². The molecule has 0 aliphatic heterocycles. The second-order valence-corrected chi connectivity index (χ2v) is 6.21. The molecule has 5 nitrogen and oxygen atoms in total. The van der Waals surface area contributed by atoms with Gasteiger partial charge in [-0.25, -0.2) is 0 Å². The topological polar surface area (TPSA) is 97.2 Å². The molecule has 0 amide bonds. The summed E-state index contributed by atoms with van der Waals surface area (Å²) in [6.07, 6.45) is 1.59. The average molecular weight is 267 g/mol. The lowest BCUT2D eigenvalue weighted by Gasteiger charge is -2.39. The monoisotopic (exact) mass is 267 g/mol. The summed E-state index contributed by atoms with van der Waals surface area (Å²) >= 11 is 0. The van der Waals surface area contributed by atoms with Gasteiger partial charge in [-0.2, -0.15) is 10.5 Å². The molecule has 0 saturated carbocycles. The van der Waals surface area contributed by atoms with Crippen LogP contribution in [0, 0.1) is 50.2 Å². The van der Waals surface area contributed by atoms with Gasteiger partial charge in [-0.3, -0.25) is 0 Å². The molecule has 0 fully saturated rings. The summed E-state index contributed by atoms with van der Waals surface area (Å²) in [5.41, 5.74) is -1.11. The predicted molar refractivity (Wildman–Crippen MR) is 73.9 cm³/mol. The highest BCUT2D eigenvalue weighted by molar-refractivity contribution is 5.15. The molecule has 0 saturated heterocycles. The van der Waals surface area contributed by atoms with Gasteiger partial charge in [0.25, 0.3) is 0 Å². The van der Waals surface area contributed by atoms with E-state index in [1.54, 1.807) is 0 Å². The van der Waals surface area contributed by atoms with Gasteiger partial charge in [-0.05, 0) is 38.5 Å². The minimum Gasteiger partial charge on any atom is -0.379 e. The summed E-state index contributed by atoms with van der Waals surface area (Å²) in [5, 5.41) is 26.7. The van der Waals surface area contributed by atoms with Crippen molar-refractivity contribution in [2.45, 2.75) is 54.4 Å². The SMILES string of the molecule is CC(C)CC(C#N)(CC(C)C)C(C)(C)C#N.O=NO. The molecule has 0 spiro atoms. The number of nitrogens with zero attached hydrogens (tertiary/aromatic N) is 3. The third-order valence-corrected chi connectivity index (χ3v) is 3.20. The second kappa shape index (κ2) is 8.48. The van der Waals surface area contributed by atoms with Crippen molar-refractivity contribution in [2.24, 2.45) is 28.0 Å². The van der Waals surface area contributed by atoms with Gasteiger partial charge in [-0.1, -0.05) is 27.7 Å². The summed E-state index contributed by atoms with van der Waals surface area (Å²) in [6.45, 7) is 12.2. The number of nitriles is 2. The van der Waals surface area contributed by atoms with E-state index in [0.29, 0.717) is 11.8 Å². The molecule has 1 N–H and O–H groups in total. The summed E-state index contributed by atoms with van der Waals surface area (Å²) in [6, 6.07) is 4.77. The van der Waals surface area contributed by atoms with E-state index in [9.17, 15) is 10.5 Å². The molecule has 0 aromatic carbocycles. The highest BCUT2D eigenvalue weighted by atomic mass is 16.6. The zero-order valence-corrected chi connectivity index (χ0v) is 12.8. The first kappa shape index (κ1) is 19.7. The molecule has 0 atom stereocenters. The molecular formula is C14H25N3O2. The Hall–Kier alpha value is -1.62. The molecule has 0 heterocycles. The molecular weight excluding hydrogens is 242 g/mol. The first-order chi connectivity index (χ1) is 8.62. The van der Waals surface area contributed by atoms with E-state index in [0.717, 1.165) is 12.8 Å². The smallest absolute Gasteiger partial charge is 0.152 e. The molecule has 0 aliphatic carbocycles. The van der Waals surface area contributed by atoms with Crippen molar-refractivity contribution < 1.29 is 5.21 Å². The Bertz CT molecular complexity index is 339. The predicted octanol–water partition coefficient (Wildman–Crippen LogP) is 4.28. The standard InChI is InChI=1S/C14H24N2.HNO2/c1-11(2)7-14(10-16,8-12(3)4)13(5,6)9-15;2-1-3/h11-12H,7-8H2,1-6H3;(H,2,3). The maximum Gasteiger partial charge on any atom is 0.152 e. The third-order valence-electron chi connectivity index (χ3n) is 3.20. The van der Waals surface area contributed by atoms with Crippen LogP contribution in [0.2, 0.25) is 0 Å². The highest BCUT2D eigenvalue weighted by Gasteiger charge is 2.46. The maximum atomic E-state index is 9.54. The third kappa shape index (κ3) is 6.20. The van der Waals surface area contributed by atoms with Gasteiger partial charge in [0.2, 0.25) is 0 Å². The van der Waals surface area contributed by atoms with Crippen LogP contribution < -0.4 is 0 Å². The fraction of sp³-hybridized carbons (Fsp3) is 0.857. The van der Waals surface area contributed by atoms with Gasteiger partial charge < -0.3 is 5.21 Å². The van der Waals surface area contributed by atoms with Crippen LogP contribution in [0.25, 0.3) is 0 Å². The van der Waals surface area contributed by atoms with Crippen molar-refractivity contribution in [3.8, 4) is 12.1 Å². The van der Waals surface area contributed by atoms with Gasteiger partial charge in [0.15, 0.2) is 5.34 Å². The molecule has 0 rings (SSSR count). The van der Waals surface area contributed by atoms with Crippen LogP contribution in [0.1, 0.15) is 54.4 Å². The molecule has 0 bridgehead atoms. The van der Waals surface area contributed by atoms with E-state index >= 15 is 0 Å². The summed E-state index contributed by atoms with van der Waals surface area (Å²) in [5.74, 6) is 0.872. The second-order valence-electron chi connectivity index (χ2n) is 6.21. The number of hydrogen-bond acceptors (Lipinski definition) is 4. The average Bonchev–Trinajstić information content (AvgIpc) is 2.27. The fourth-order valence-electron chi connectivity index (χ4n) is 2.33. The zero-order valence-electron chi connectivity index (χ0n) is 12.8. The first-order valence-corrected chi connectivity index (χ1v) is 6.41. The van der Waals surface area contributed by atoms with E-state index in [4.69, 9.17) is 10.1 Å². The quantitative estimate of drug-likeness (QED) is 0.593. The largest absolute Gasteiger partial charge is 0.379 e. The van der Waals surface area contributed by atoms with E-state index in [2.05, 4.69) is 39.8 Å². The molecule has 5 heteroatoms. The molecule has 0 unspecified atom stereocenters. The summed E-state index contributed by atoms with van der Waals surface area (Å²) in [4.78, 5) is 8.11. The van der Waals surface area contributed by atoms with Gasteiger partial charge in [0, 0.05) is 0 Å². The van der Waals surface area contributed by atoms with E-state index in [1.807, 2.05) is 13.8 Å². The lowest BCUT2D eigenvalue weighted by Crippen LogP contribution is -2.38. The minimum absolute atomic E-state index is 0.436. The maximum absolute atomic E-state index is 9.54. The van der Waals surface area contributed by atoms with Crippen molar-refractivity contribution in [3.05, 3.63) is 4.91 Å². The Morgan fingerprint density at radius 1 is 1.05 bits per heavy atom. The van der Waals surface area contributed by atoms with Gasteiger partial charge in [0.05, 0.1) is 23.0 Å². The van der Waals surface area contributed by atoms with Crippen molar-refractivity contribution in [1.29, 1.82) is 10.5 Å². The molecule has 0 aromatic rings. The molecule has 0 aliphatic rings. The van der Waals surface area contributed by atoms with E-state index in [1.165, 1.54) is 5.34 Å². The lowest BCUT2D eigenvalue weighted by molar-refractivity contribution is 0.128. The van der Waals surface area contributed by atoms with Crippen molar-refractivity contribution >= 4 is 0 Å². The molecule has 0 radical (unpaired) electrons. The Labute approximate surface area is 116 Å². The first-order valence-electron chi connectivity index (χ1n) is 6.41. The van der Waals surface area contributed by atoms with Crippen LogP contribution in [0.3, 0.4) is 0 Å². The number of rotatable bonds is 5. The van der Waals surface area contributed by atoms with Crippen LogP contribution in [0.5, 0.6) is 0 Å². The Kier molecular flexibility index (Phi) is 8.79. The normalized spacial score (nSPS) is 11.3. The van der Waals surface area contributed by atoms with Gasteiger partial charge in [-0.15, -0.1) is 4.91 Å². The highest BCUT2D eigenvalue weighted by Crippen LogP contribution is 2.47. The van der Waals surface area contributed by atoms with Crippen LogP contribution >= 0.6 is 0 Å². The van der Waals surface area contributed by atoms with Crippen LogP contribution in [0.4, 0.5) is 0 Å². The molecule has 108 valence electrons. The Balaban J connectivity index is 0. The Morgan fingerprint density at radius 3 is 1.53 bits per heavy atom. The fourth-order valence-corrected chi connectivity index (χ4v) is 2.33. The van der Waals surface area contributed by atoms with Crippen molar-refractivity contribution in [2.75, 3.05) is 0 Å². The van der Waals surface area contributed by atoms with Crippen LogP contribution in [-0.2, 0) is 0 Å². The Morgan fingerprint density at radius 2 is 1.37 bits per heavy atom. The van der Waals surface area contributed by atoms with E-state index in [-0.39, 0.29) is 0 Å². The summed E-state index contributed by atoms with van der Waals surface area (Å²) < 4.78 is 0. The molecule has 0 aromatic heterocycles. The van der Waals surface area contributed by atoms with Crippen molar-refractivity contribution in [1.82, 2.24) is 0 Å². The van der Waals surface area contributed by atoms with E-state index < -0.39 is 10.8 Å². The molecule has 19 heavy (non-hydrogen) atoms. The van der Waals surface area contributed by atoms with Crippen LogP contribution in [-0.4, -0.2) is 5.21 Å². The minimum atomic E-state index is -0.587. The van der Waals surface area contributed by atoms with Crippen molar-refractivity contribution in [3.63, 3.8) is 0 Å². The number of hydrogen-bond donors (Lipinski definition) is 1. The van der Waals surface area contributed by atoms with Gasteiger partial charge in [0.1, 0.15) is 0 Å². The zero-order chi connectivity index (χ0) is 15.7. The summed E-state index contributed by atoms with van der Waals surface area (Å²) in [7, 11) is 0. The van der Waals surface area contributed by atoms with Gasteiger partial charge >= 0.3 is 0 Å². The lowest BCUT2D eigenvalue weighted by atomic mass is 9.60.